The third kappa shape index (κ3) is 2.92. The molecule has 112 valence electrons. The summed E-state index contributed by atoms with van der Waals surface area (Å²) in [6.07, 6.45) is 1.78. The average molecular weight is 293 g/mol. The first-order valence-corrected chi connectivity index (χ1v) is 7.28. The first-order chi connectivity index (χ1) is 10.8. The Hall–Kier alpha value is -2.46. The Balaban J connectivity index is 1.77. The maximum absolute atomic E-state index is 5.52. The van der Waals surface area contributed by atoms with Crippen molar-refractivity contribution in [3.8, 4) is 0 Å². The van der Waals surface area contributed by atoms with Gasteiger partial charge in [-0.3, -0.25) is 4.99 Å². The van der Waals surface area contributed by atoms with E-state index in [2.05, 4.69) is 28.2 Å². The predicted octanol–water partition coefficient (Wildman–Crippen LogP) is 3.38. The van der Waals surface area contributed by atoms with Gasteiger partial charge in [0.1, 0.15) is 6.10 Å². The highest BCUT2D eigenvalue weighted by molar-refractivity contribution is 5.84. The van der Waals surface area contributed by atoms with Crippen molar-refractivity contribution in [3.05, 3.63) is 66.0 Å². The number of hydrogen-bond acceptors (Lipinski definition) is 3. The Morgan fingerprint density at radius 2 is 1.86 bits per heavy atom. The van der Waals surface area contributed by atoms with Gasteiger partial charge in [-0.2, -0.15) is 0 Å². The number of rotatable bonds is 5. The van der Waals surface area contributed by atoms with Crippen molar-refractivity contribution in [2.75, 3.05) is 13.7 Å². The van der Waals surface area contributed by atoms with E-state index in [1.165, 1.54) is 0 Å². The van der Waals surface area contributed by atoms with Gasteiger partial charge >= 0.3 is 0 Å². The van der Waals surface area contributed by atoms with Gasteiger partial charge in [0.15, 0.2) is 5.82 Å². The number of nitrogens with zero attached hydrogens (tertiary/aromatic N) is 3. The molecule has 1 aromatic heterocycles. The fourth-order valence-corrected chi connectivity index (χ4v) is 2.49. The molecule has 0 N–H and O–H groups in total. The Labute approximate surface area is 130 Å². The standard InChI is InChI=1S/C18H19N3O/c1-21-16-11-7-6-10-15(16)20-18(21)13-19-12-17(22-2)14-8-4-3-5-9-14/h3-11,13,17H,12H2,1-2H3. The van der Waals surface area contributed by atoms with Gasteiger partial charge < -0.3 is 9.30 Å². The van der Waals surface area contributed by atoms with E-state index in [0.717, 1.165) is 22.4 Å². The normalized spacial score (nSPS) is 13.0. The molecule has 22 heavy (non-hydrogen) atoms. The number of ether oxygens (including phenoxy) is 1. The number of para-hydroxylation sites is 2. The lowest BCUT2D eigenvalue weighted by atomic mass is 10.1. The highest BCUT2D eigenvalue weighted by Crippen LogP contribution is 2.17. The molecule has 0 radical (unpaired) electrons. The summed E-state index contributed by atoms with van der Waals surface area (Å²) in [5.74, 6) is 0.851. The number of fused-ring (bicyclic) bond motifs is 1. The minimum Gasteiger partial charge on any atom is -0.375 e. The summed E-state index contributed by atoms with van der Waals surface area (Å²) in [5.41, 5.74) is 3.22. The van der Waals surface area contributed by atoms with Crippen molar-refractivity contribution in [3.63, 3.8) is 0 Å². The fourth-order valence-electron chi connectivity index (χ4n) is 2.49. The lowest BCUT2D eigenvalue weighted by molar-refractivity contribution is 0.111. The number of benzene rings is 2. The average Bonchev–Trinajstić information content (AvgIpc) is 2.89. The minimum atomic E-state index is -0.0351. The van der Waals surface area contributed by atoms with Crippen LogP contribution in [0.25, 0.3) is 11.0 Å². The lowest BCUT2D eigenvalue weighted by Gasteiger charge is -2.12. The minimum absolute atomic E-state index is 0.0351. The second-order valence-corrected chi connectivity index (χ2v) is 5.15. The monoisotopic (exact) mass is 293 g/mol. The highest BCUT2D eigenvalue weighted by atomic mass is 16.5. The molecular formula is C18H19N3O. The summed E-state index contributed by atoms with van der Waals surface area (Å²) in [6, 6.07) is 18.2. The van der Waals surface area contributed by atoms with Crippen LogP contribution in [-0.4, -0.2) is 29.4 Å². The second kappa shape index (κ2) is 6.54. The van der Waals surface area contributed by atoms with Crippen molar-refractivity contribution in [1.82, 2.24) is 9.55 Å². The van der Waals surface area contributed by atoms with Gasteiger partial charge in [-0.05, 0) is 17.7 Å². The Bertz CT molecular complexity index is 777. The number of hydrogen-bond donors (Lipinski definition) is 0. The predicted molar refractivity (Wildman–Crippen MR) is 89.4 cm³/mol. The van der Waals surface area contributed by atoms with Crippen LogP contribution in [0.3, 0.4) is 0 Å². The number of aryl methyl sites for hydroxylation is 1. The number of aliphatic imine (C=N–C) groups is 1. The van der Waals surface area contributed by atoms with Gasteiger partial charge in [-0.1, -0.05) is 42.5 Å². The summed E-state index contributed by atoms with van der Waals surface area (Å²) < 4.78 is 7.57. The number of methoxy groups -OCH3 is 1. The van der Waals surface area contributed by atoms with Crippen molar-refractivity contribution in [1.29, 1.82) is 0 Å². The Kier molecular flexibility index (Phi) is 4.30. The molecule has 4 nitrogen and oxygen atoms in total. The zero-order valence-corrected chi connectivity index (χ0v) is 12.8. The van der Waals surface area contributed by atoms with Gasteiger partial charge in [0.05, 0.1) is 23.8 Å². The summed E-state index contributed by atoms with van der Waals surface area (Å²) in [5, 5.41) is 0. The van der Waals surface area contributed by atoms with Crippen LogP contribution in [0.15, 0.2) is 59.6 Å². The molecular weight excluding hydrogens is 274 g/mol. The molecule has 0 bridgehead atoms. The second-order valence-electron chi connectivity index (χ2n) is 5.15. The SMILES string of the molecule is COC(CN=Cc1nc2ccccc2n1C)c1ccccc1. The molecule has 0 spiro atoms. The largest absolute Gasteiger partial charge is 0.375 e. The molecule has 3 rings (SSSR count). The van der Waals surface area contributed by atoms with E-state index in [-0.39, 0.29) is 6.10 Å². The smallest absolute Gasteiger partial charge is 0.151 e. The van der Waals surface area contributed by atoms with Crippen molar-refractivity contribution < 1.29 is 4.74 Å². The first kappa shape index (κ1) is 14.5. The van der Waals surface area contributed by atoms with E-state index in [0.29, 0.717) is 6.54 Å². The van der Waals surface area contributed by atoms with E-state index in [1.807, 2.05) is 54.2 Å². The first-order valence-electron chi connectivity index (χ1n) is 7.28. The van der Waals surface area contributed by atoms with Crippen LogP contribution in [0, 0.1) is 0 Å². The van der Waals surface area contributed by atoms with Crippen molar-refractivity contribution in [2.45, 2.75) is 6.10 Å². The van der Waals surface area contributed by atoms with Crippen LogP contribution in [0.2, 0.25) is 0 Å². The third-order valence-corrected chi connectivity index (χ3v) is 3.76. The molecule has 0 fully saturated rings. The van der Waals surface area contributed by atoms with Crippen molar-refractivity contribution >= 4 is 17.2 Å². The molecule has 0 aliphatic carbocycles. The Morgan fingerprint density at radius 1 is 1.14 bits per heavy atom. The van der Waals surface area contributed by atoms with E-state index in [1.54, 1.807) is 7.11 Å². The van der Waals surface area contributed by atoms with Gasteiger partial charge in [0.2, 0.25) is 0 Å². The van der Waals surface area contributed by atoms with Crippen LogP contribution >= 0.6 is 0 Å². The summed E-state index contributed by atoms with van der Waals surface area (Å²) in [6.45, 7) is 0.573. The third-order valence-electron chi connectivity index (χ3n) is 3.76. The number of aromatic nitrogens is 2. The molecule has 2 aromatic carbocycles. The highest BCUT2D eigenvalue weighted by Gasteiger charge is 2.09. The molecule has 0 aliphatic rings. The molecule has 1 heterocycles. The molecule has 1 unspecified atom stereocenters. The van der Waals surface area contributed by atoms with E-state index >= 15 is 0 Å². The van der Waals surface area contributed by atoms with E-state index < -0.39 is 0 Å². The molecule has 0 amide bonds. The van der Waals surface area contributed by atoms with Crippen LogP contribution in [0.4, 0.5) is 0 Å². The zero-order chi connectivity index (χ0) is 15.4. The summed E-state index contributed by atoms with van der Waals surface area (Å²) in [4.78, 5) is 9.09. The summed E-state index contributed by atoms with van der Waals surface area (Å²) >= 11 is 0. The molecule has 3 aromatic rings. The quantitative estimate of drug-likeness (QED) is 0.676. The Morgan fingerprint density at radius 3 is 2.59 bits per heavy atom. The zero-order valence-electron chi connectivity index (χ0n) is 12.8. The fraction of sp³-hybridized carbons (Fsp3) is 0.222. The maximum atomic E-state index is 5.52. The van der Waals surface area contributed by atoms with Gasteiger partial charge in [0, 0.05) is 14.2 Å². The molecule has 0 saturated heterocycles. The number of imidazole rings is 1. The van der Waals surface area contributed by atoms with Gasteiger partial charge in [0.25, 0.3) is 0 Å². The van der Waals surface area contributed by atoms with E-state index in [9.17, 15) is 0 Å². The maximum Gasteiger partial charge on any atom is 0.151 e. The van der Waals surface area contributed by atoms with Crippen LogP contribution < -0.4 is 0 Å². The molecule has 0 saturated carbocycles. The topological polar surface area (TPSA) is 39.4 Å². The molecule has 4 heteroatoms. The van der Waals surface area contributed by atoms with Gasteiger partial charge in [-0.25, -0.2) is 4.98 Å². The molecule has 1 atom stereocenters. The lowest BCUT2D eigenvalue weighted by Crippen LogP contribution is -2.06. The van der Waals surface area contributed by atoms with Crippen LogP contribution in [0.1, 0.15) is 17.5 Å². The summed E-state index contributed by atoms with van der Waals surface area (Å²) in [7, 11) is 3.71. The van der Waals surface area contributed by atoms with Crippen molar-refractivity contribution in [2.24, 2.45) is 12.0 Å². The van der Waals surface area contributed by atoms with E-state index in [4.69, 9.17) is 4.74 Å². The van der Waals surface area contributed by atoms with Gasteiger partial charge in [-0.15, -0.1) is 0 Å². The van der Waals surface area contributed by atoms with Crippen LogP contribution in [0.5, 0.6) is 0 Å². The molecule has 0 aliphatic heterocycles. The van der Waals surface area contributed by atoms with Crippen LogP contribution in [-0.2, 0) is 11.8 Å².